The number of hydrogen-bond donors (Lipinski definition) is 2. The van der Waals surface area contributed by atoms with Gasteiger partial charge in [-0.3, -0.25) is 14.5 Å². The standard InChI is InChI=1S/C19H28ClN3O2/c1-21-19(25)18(15-8-10-16(20)11-9-15)23(2)13-17(24)22-12-14-6-4-3-5-7-14/h8-11,14,18H,3-7,12-13H2,1-2H3,(H,21,25)(H,22,24). The van der Waals surface area contributed by atoms with Gasteiger partial charge in [0.15, 0.2) is 0 Å². The van der Waals surface area contributed by atoms with E-state index in [-0.39, 0.29) is 18.4 Å². The predicted molar refractivity (Wildman–Crippen MR) is 100 cm³/mol. The van der Waals surface area contributed by atoms with Crippen molar-refractivity contribution in [1.29, 1.82) is 0 Å². The number of benzene rings is 1. The fraction of sp³-hybridized carbons (Fsp3) is 0.579. The van der Waals surface area contributed by atoms with Crippen LogP contribution in [0.4, 0.5) is 0 Å². The van der Waals surface area contributed by atoms with Gasteiger partial charge in [-0.05, 0) is 43.5 Å². The molecular weight excluding hydrogens is 338 g/mol. The molecule has 1 atom stereocenters. The third-order valence-corrected chi connectivity index (χ3v) is 5.08. The topological polar surface area (TPSA) is 61.4 Å². The van der Waals surface area contributed by atoms with Gasteiger partial charge in [-0.25, -0.2) is 0 Å². The minimum Gasteiger partial charge on any atom is -0.358 e. The molecule has 1 unspecified atom stereocenters. The number of carbonyl (C=O) groups excluding carboxylic acids is 2. The monoisotopic (exact) mass is 365 g/mol. The van der Waals surface area contributed by atoms with Crippen LogP contribution in [0.2, 0.25) is 5.02 Å². The van der Waals surface area contributed by atoms with Crippen LogP contribution in [0.15, 0.2) is 24.3 Å². The number of hydrogen-bond acceptors (Lipinski definition) is 3. The van der Waals surface area contributed by atoms with Crippen molar-refractivity contribution in [3.8, 4) is 0 Å². The number of nitrogens with zero attached hydrogens (tertiary/aromatic N) is 1. The fourth-order valence-electron chi connectivity index (χ4n) is 3.41. The van der Waals surface area contributed by atoms with E-state index in [1.807, 2.05) is 12.1 Å². The van der Waals surface area contributed by atoms with Crippen molar-refractivity contribution in [2.75, 3.05) is 27.2 Å². The molecule has 0 radical (unpaired) electrons. The Morgan fingerprint density at radius 3 is 2.44 bits per heavy atom. The molecule has 25 heavy (non-hydrogen) atoms. The van der Waals surface area contributed by atoms with E-state index in [9.17, 15) is 9.59 Å². The third kappa shape index (κ3) is 6.01. The molecule has 1 aliphatic rings. The Morgan fingerprint density at radius 1 is 1.20 bits per heavy atom. The van der Waals surface area contributed by atoms with Gasteiger partial charge in [0.25, 0.3) is 0 Å². The number of rotatable bonds is 7. The van der Waals surface area contributed by atoms with E-state index in [2.05, 4.69) is 10.6 Å². The Labute approximate surface area is 155 Å². The van der Waals surface area contributed by atoms with Crippen LogP contribution in [0.25, 0.3) is 0 Å². The maximum atomic E-state index is 12.3. The van der Waals surface area contributed by atoms with Crippen LogP contribution in [0.5, 0.6) is 0 Å². The zero-order valence-corrected chi connectivity index (χ0v) is 15.8. The lowest BCUT2D eigenvalue weighted by atomic mass is 9.89. The number of nitrogens with one attached hydrogen (secondary N) is 2. The maximum Gasteiger partial charge on any atom is 0.241 e. The molecule has 2 amide bonds. The maximum absolute atomic E-state index is 12.3. The first-order valence-electron chi connectivity index (χ1n) is 8.95. The SMILES string of the molecule is CNC(=O)C(c1ccc(Cl)cc1)N(C)CC(=O)NCC1CCCCC1. The summed E-state index contributed by atoms with van der Waals surface area (Å²) >= 11 is 5.93. The van der Waals surface area contributed by atoms with Gasteiger partial charge in [0.1, 0.15) is 6.04 Å². The van der Waals surface area contributed by atoms with E-state index >= 15 is 0 Å². The van der Waals surface area contributed by atoms with E-state index in [0.717, 1.165) is 12.1 Å². The lowest BCUT2D eigenvalue weighted by Crippen LogP contribution is -2.43. The normalized spacial score (nSPS) is 16.5. The predicted octanol–water partition coefficient (Wildman–Crippen LogP) is 2.76. The number of halogens is 1. The van der Waals surface area contributed by atoms with E-state index in [4.69, 9.17) is 11.6 Å². The number of likely N-dealkylation sites (N-methyl/N-ethyl adjacent to an activating group) is 2. The summed E-state index contributed by atoms with van der Waals surface area (Å²) in [6.45, 7) is 0.908. The van der Waals surface area contributed by atoms with Gasteiger partial charge >= 0.3 is 0 Å². The summed E-state index contributed by atoms with van der Waals surface area (Å²) in [5.41, 5.74) is 0.811. The summed E-state index contributed by atoms with van der Waals surface area (Å²) in [5.74, 6) is 0.398. The van der Waals surface area contributed by atoms with E-state index < -0.39 is 6.04 Å². The summed E-state index contributed by atoms with van der Waals surface area (Å²) in [5, 5.41) is 6.31. The van der Waals surface area contributed by atoms with Crippen molar-refractivity contribution in [2.45, 2.75) is 38.1 Å². The smallest absolute Gasteiger partial charge is 0.241 e. The number of amides is 2. The molecule has 5 nitrogen and oxygen atoms in total. The Hall–Kier alpha value is -1.59. The molecule has 2 N–H and O–H groups in total. The van der Waals surface area contributed by atoms with Crippen molar-refractivity contribution in [1.82, 2.24) is 15.5 Å². The molecule has 0 aliphatic heterocycles. The second-order valence-electron chi connectivity index (χ2n) is 6.79. The lowest BCUT2D eigenvalue weighted by molar-refractivity contribution is -0.128. The highest BCUT2D eigenvalue weighted by Crippen LogP contribution is 2.23. The highest BCUT2D eigenvalue weighted by Gasteiger charge is 2.26. The van der Waals surface area contributed by atoms with Gasteiger partial charge in [0.05, 0.1) is 6.54 Å². The number of carbonyl (C=O) groups is 2. The summed E-state index contributed by atoms with van der Waals surface area (Å²) < 4.78 is 0. The molecule has 138 valence electrons. The zero-order chi connectivity index (χ0) is 18.2. The summed E-state index contributed by atoms with van der Waals surface area (Å²) in [7, 11) is 3.39. The van der Waals surface area contributed by atoms with Gasteiger partial charge in [0, 0.05) is 18.6 Å². The zero-order valence-electron chi connectivity index (χ0n) is 15.1. The minimum absolute atomic E-state index is 0.0454. The van der Waals surface area contributed by atoms with Crippen molar-refractivity contribution in [3.63, 3.8) is 0 Å². The van der Waals surface area contributed by atoms with Crippen LogP contribution >= 0.6 is 11.6 Å². The largest absolute Gasteiger partial charge is 0.358 e. The fourth-order valence-corrected chi connectivity index (χ4v) is 3.54. The molecule has 0 heterocycles. The van der Waals surface area contributed by atoms with Gasteiger partial charge < -0.3 is 10.6 Å². The first-order chi connectivity index (χ1) is 12.0. The average Bonchev–Trinajstić information content (AvgIpc) is 2.62. The Kier molecular flexibility index (Phi) is 7.72. The molecule has 6 heteroatoms. The highest BCUT2D eigenvalue weighted by atomic mass is 35.5. The quantitative estimate of drug-likeness (QED) is 0.781. The van der Waals surface area contributed by atoms with Crippen molar-refractivity contribution < 1.29 is 9.59 Å². The summed E-state index contributed by atoms with van der Waals surface area (Å²) in [6.07, 6.45) is 6.22. The van der Waals surface area contributed by atoms with E-state index in [1.165, 1.54) is 32.1 Å². The molecule has 1 aromatic carbocycles. The lowest BCUT2D eigenvalue weighted by Gasteiger charge is -2.27. The van der Waals surface area contributed by atoms with Gasteiger partial charge in [-0.15, -0.1) is 0 Å². The Bertz CT molecular complexity index is 571. The van der Waals surface area contributed by atoms with Crippen LogP contribution in [0, 0.1) is 5.92 Å². The molecule has 0 bridgehead atoms. The van der Waals surface area contributed by atoms with E-state index in [0.29, 0.717) is 10.9 Å². The Morgan fingerprint density at radius 2 is 1.84 bits per heavy atom. The van der Waals surface area contributed by atoms with Gasteiger partial charge in [-0.1, -0.05) is 43.0 Å². The molecular formula is C19H28ClN3O2. The molecule has 0 saturated heterocycles. The molecule has 1 aromatic rings. The minimum atomic E-state index is -0.525. The van der Waals surface area contributed by atoms with Crippen molar-refractivity contribution >= 4 is 23.4 Å². The molecule has 1 fully saturated rings. The third-order valence-electron chi connectivity index (χ3n) is 4.83. The molecule has 1 saturated carbocycles. The Balaban J connectivity index is 1.93. The second kappa shape index (κ2) is 9.78. The summed E-state index contributed by atoms with van der Waals surface area (Å²) in [4.78, 5) is 26.4. The highest BCUT2D eigenvalue weighted by molar-refractivity contribution is 6.30. The van der Waals surface area contributed by atoms with Crippen LogP contribution in [-0.4, -0.2) is 43.9 Å². The van der Waals surface area contributed by atoms with Gasteiger partial charge in [0.2, 0.25) is 11.8 Å². The average molecular weight is 366 g/mol. The molecule has 0 spiro atoms. The van der Waals surface area contributed by atoms with Crippen LogP contribution < -0.4 is 10.6 Å². The van der Waals surface area contributed by atoms with Gasteiger partial charge in [-0.2, -0.15) is 0 Å². The molecule has 1 aliphatic carbocycles. The molecule has 2 rings (SSSR count). The van der Waals surface area contributed by atoms with Crippen molar-refractivity contribution in [2.24, 2.45) is 5.92 Å². The van der Waals surface area contributed by atoms with Crippen LogP contribution in [-0.2, 0) is 9.59 Å². The summed E-state index contributed by atoms with van der Waals surface area (Å²) in [6, 6.07) is 6.62. The first kappa shape index (κ1) is 19.7. The molecule has 0 aromatic heterocycles. The second-order valence-corrected chi connectivity index (χ2v) is 7.23. The first-order valence-corrected chi connectivity index (χ1v) is 9.33. The van der Waals surface area contributed by atoms with Crippen molar-refractivity contribution in [3.05, 3.63) is 34.9 Å². The van der Waals surface area contributed by atoms with Crippen LogP contribution in [0.1, 0.15) is 43.7 Å². The van der Waals surface area contributed by atoms with Crippen LogP contribution in [0.3, 0.4) is 0 Å². The van der Waals surface area contributed by atoms with E-state index in [1.54, 1.807) is 31.1 Å².